The Bertz CT molecular complexity index is 1020. The quantitative estimate of drug-likeness (QED) is 0.389. The number of aliphatic imine (C=N–C) groups is 1. The molecule has 0 aromatic carbocycles. The van der Waals surface area contributed by atoms with E-state index in [1.54, 1.807) is 13.2 Å². The molecular weight excluding hydrogens is 442 g/mol. The van der Waals surface area contributed by atoms with Gasteiger partial charge in [-0.05, 0) is 51.5 Å². The summed E-state index contributed by atoms with van der Waals surface area (Å²) in [6, 6.07) is 2.04. The lowest BCUT2D eigenvalue weighted by atomic mass is 9.78. The SMILES string of the molecule is Cc1c(-c2ccnc(NC(C)C)c2Cl)n[nH]c1/N=C(\N(C)C=O)N1CCC2(CCOC2)CC1. The van der Waals surface area contributed by atoms with E-state index >= 15 is 0 Å². The van der Waals surface area contributed by atoms with Gasteiger partial charge in [-0.2, -0.15) is 10.1 Å². The number of anilines is 1. The third-order valence-electron chi connectivity index (χ3n) is 6.53. The first-order valence-corrected chi connectivity index (χ1v) is 11.8. The van der Waals surface area contributed by atoms with Crippen LogP contribution in [0, 0.1) is 12.3 Å². The molecule has 9 nitrogen and oxygen atoms in total. The van der Waals surface area contributed by atoms with Crippen LogP contribution in [0.3, 0.4) is 0 Å². The second-order valence-electron chi connectivity index (χ2n) is 9.28. The lowest BCUT2D eigenvalue weighted by Gasteiger charge is -2.40. The van der Waals surface area contributed by atoms with Crippen LogP contribution in [-0.4, -0.2) is 76.7 Å². The van der Waals surface area contributed by atoms with E-state index in [4.69, 9.17) is 21.3 Å². The molecule has 2 saturated heterocycles. The molecular formula is C23H32ClN7O2. The first-order valence-electron chi connectivity index (χ1n) is 11.4. The number of nitrogens with one attached hydrogen (secondary N) is 2. The Hall–Kier alpha value is -2.65. The summed E-state index contributed by atoms with van der Waals surface area (Å²) in [5.74, 6) is 1.83. The van der Waals surface area contributed by atoms with Crippen molar-refractivity contribution in [1.29, 1.82) is 0 Å². The van der Waals surface area contributed by atoms with Crippen LogP contribution in [0.2, 0.25) is 5.02 Å². The van der Waals surface area contributed by atoms with Gasteiger partial charge in [-0.15, -0.1) is 0 Å². The molecule has 1 spiro atoms. The summed E-state index contributed by atoms with van der Waals surface area (Å²) in [6.07, 6.45) is 5.68. The molecule has 2 aromatic rings. The standard InChI is InChI=1S/C23H32ClN7O2/c1-15(2)26-21-18(24)17(5-9-25-21)19-16(3)20(29-28-19)27-22(30(4)14-32)31-10-6-23(7-11-31)8-12-33-13-23/h5,9,14-15H,6-8,10-13H2,1-4H3,(H,25,26)(H,28,29)/b27-22+. The van der Waals surface area contributed by atoms with Crippen molar-refractivity contribution in [3.63, 3.8) is 0 Å². The van der Waals surface area contributed by atoms with Crippen LogP contribution in [0.25, 0.3) is 11.3 Å². The monoisotopic (exact) mass is 473 g/mol. The number of carbonyl (C=O) groups is 1. The average molecular weight is 474 g/mol. The van der Waals surface area contributed by atoms with Gasteiger partial charge in [0.05, 0.1) is 17.3 Å². The predicted octanol–water partition coefficient (Wildman–Crippen LogP) is 3.83. The van der Waals surface area contributed by atoms with Gasteiger partial charge in [0.25, 0.3) is 0 Å². The zero-order chi connectivity index (χ0) is 23.6. The number of carbonyl (C=O) groups excluding carboxylic acids is 1. The third kappa shape index (κ3) is 4.84. The molecule has 0 saturated carbocycles. The number of rotatable bonds is 5. The van der Waals surface area contributed by atoms with Crippen molar-refractivity contribution in [2.75, 3.05) is 38.7 Å². The van der Waals surface area contributed by atoms with Gasteiger partial charge in [-0.1, -0.05) is 11.6 Å². The minimum atomic E-state index is 0.201. The van der Waals surface area contributed by atoms with Crippen molar-refractivity contribution in [3.8, 4) is 11.3 Å². The van der Waals surface area contributed by atoms with E-state index in [1.807, 2.05) is 26.8 Å². The molecule has 2 aliphatic heterocycles. The molecule has 2 aromatic heterocycles. The van der Waals surface area contributed by atoms with Gasteiger partial charge in [-0.3, -0.25) is 14.8 Å². The second kappa shape index (κ2) is 9.69. The first kappa shape index (κ1) is 23.5. The highest BCUT2D eigenvalue weighted by molar-refractivity contribution is 6.35. The number of hydrogen-bond acceptors (Lipinski definition) is 6. The number of ether oxygens (including phenoxy) is 1. The molecule has 2 fully saturated rings. The molecule has 0 bridgehead atoms. The molecule has 0 unspecified atom stereocenters. The minimum Gasteiger partial charge on any atom is -0.381 e. The Morgan fingerprint density at radius 2 is 2.15 bits per heavy atom. The molecule has 2 aliphatic rings. The van der Waals surface area contributed by atoms with Gasteiger partial charge >= 0.3 is 0 Å². The summed E-state index contributed by atoms with van der Waals surface area (Å²) < 4.78 is 5.65. The zero-order valence-electron chi connectivity index (χ0n) is 19.7. The van der Waals surface area contributed by atoms with Crippen molar-refractivity contribution < 1.29 is 9.53 Å². The van der Waals surface area contributed by atoms with Gasteiger partial charge < -0.3 is 15.0 Å². The lowest BCUT2D eigenvalue weighted by Crippen LogP contribution is -2.48. The van der Waals surface area contributed by atoms with E-state index < -0.39 is 0 Å². The summed E-state index contributed by atoms with van der Waals surface area (Å²) in [6.45, 7) is 9.36. The Labute approximate surface area is 199 Å². The first-order chi connectivity index (χ1) is 15.8. The Morgan fingerprint density at radius 1 is 1.39 bits per heavy atom. The molecule has 2 N–H and O–H groups in total. The molecule has 0 radical (unpaired) electrons. The molecule has 1 amide bonds. The summed E-state index contributed by atoms with van der Waals surface area (Å²) in [5.41, 5.74) is 2.62. The number of likely N-dealkylation sites (tertiary alicyclic amines) is 1. The summed E-state index contributed by atoms with van der Waals surface area (Å²) in [4.78, 5) is 24.5. The molecule has 4 rings (SSSR count). The number of pyridine rings is 1. The number of halogens is 1. The molecule has 178 valence electrons. The fourth-order valence-electron chi connectivity index (χ4n) is 4.51. The lowest BCUT2D eigenvalue weighted by molar-refractivity contribution is -0.114. The third-order valence-corrected chi connectivity index (χ3v) is 6.91. The van der Waals surface area contributed by atoms with Gasteiger partial charge in [0.2, 0.25) is 12.4 Å². The van der Waals surface area contributed by atoms with E-state index in [2.05, 4.69) is 25.4 Å². The van der Waals surface area contributed by atoms with E-state index in [9.17, 15) is 4.79 Å². The van der Waals surface area contributed by atoms with Gasteiger partial charge in [0, 0.05) is 50.1 Å². The minimum absolute atomic E-state index is 0.201. The fourth-order valence-corrected chi connectivity index (χ4v) is 4.76. The summed E-state index contributed by atoms with van der Waals surface area (Å²) >= 11 is 6.64. The Kier molecular flexibility index (Phi) is 6.90. The van der Waals surface area contributed by atoms with E-state index in [0.29, 0.717) is 28.3 Å². The predicted molar refractivity (Wildman–Crippen MR) is 130 cm³/mol. The largest absolute Gasteiger partial charge is 0.381 e. The number of piperidine rings is 1. The number of hydrogen-bond donors (Lipinski definition) is 2. The number of nitrogens with zero attached hydrogens (tertiary/aromatic N) is 5. The fraction of sp³-hybridized carbons (Fsp3) is 0.565. The van der Waals surface area contributed by atoms with Crippen LogP contribution in [0.15, 0.2) is 17.3 Å². The van der Waals surface area contributed by atoms with Gasteiger partial charge in [-0.25, -0.2) is 4.98 Å². The van der Waals surface area contributed by atoms with Crippen LogP contribution >= 0.6 is 11.6 Å². The molecule has 33 heavy (non-hydrogen) atoms. The Morgan fingerprint density at radius 3 is 2.79 bits per heavy atom. The maximum absolute atomic E-state index is 11.7. The smallest absolute Gasteiger partial charge is 0.216 e. The van der Waals surface area contributed by atoms with Gasteiger partial charge in [0.15, 0.2) is 5.82 Å². The molecule has 4 heterocycles. The highest BCUT2D eigenvalue weighted by Crippen LogP contribution is 2.40. The second-order valence-corrected chi connectivity index (χ2v) is 9.66. The van der Waals surface area contributed by atoms with Crippen LogP contribution < -0.4 is 5.32 Å². The highest BCUT2D eigenvalue weighted by Gasteiger charge is 2.39. The van der Waals surface area contributed by atoms with E-state index in [0.717, 1.165) is 63.1 Å². The summed E-state index contributed by atoms with van der Waals surface area (Å²) in [7, 11) is 1.73. The molecule has 0 aliphatic carbocycles. The molecule has 10 heteroatoms. The summed E-state index contributed by atoms with van der Waals surface area (Å²) in [5, 5.41) is 11.3. The molecule has 0 atom stereocenters. The van der Waals surface area contributed by atoms with Gasteiger partial charge in [0.1, 0.15) is 5.82 Å². The zero-order valence-corrected chi connectivity index (χ0v) is 20.4. The topological polar surface area (TPSA) is 98.7 Å². The number of H-pyrrole nitrogens is 1. The van der Waals surface area contributed by atoms with Crippen molar-refractivity contribution in [2.24, 2.45) is 10.4 Å². The van der Waals surface area contributed by atoms with Crippen molar-refractivity contribution in [1.82, 2.24) is 25.0 Å². The average Bonchev–Trinajstić information content (AvgIpc) is 3.40. The number of amides is 1. The van der Waals surface area contributed by atoms with E-state index in [-0.39, 0.29) is 11.5 Å². The van der Waals surface area contributed by atoms with Crippen molar-refractivity contribution in [2.45, 2.75) is 46.1 Å². The number of aromatic amines is 1. The van der Waals surface area contributed by atoms with Crippen molar-refractivity contribution >= 4 is 35.6 Å². The maximum atomic E-state index is 11.7. The van der Waals surface area contributed by atoms with Crippen LogP contribution in [-0.2, 0) is 9.53 Å². The highest BCUT2D eigenvalue weighted by atomic mass is 35.5. The number of guanidine groups is 1. The normalized spacial score (nSPS) is 18.2. The van der Waals surface area contributed by atoms with Crippen LogP contribution in [0.5, 0.6) is 0 Å². The Balaban J connectivity index is 1.62. The van der Waals surface area contributed by atoms with E-state index in [1.165, 1.54) is 4.90 Å². The number of aromatic nitrogens is 3. The van der Waals surface area contributed by atoms with Crippen molar-refractivity contribution in [3.05, 3.63) is 22.8 Å². The van der Waals surface area contributed by atoms with Crippen LogP contribution in [0.4, 0.5) is 11.6 Å². The maximum Gasteiger partial charge on any atom is 0.216 e. The van der Waals surface area contributed by atoms with Crippen LogP contribution in [0.1, 0.15) is 38.7 Å².